The van der Waals surface area contributed by atoms with Crippen molar-refractivity contribution in [2.75, 3.05) is 26.2 Å². The number of ether oxygens (including phenoxy) is 1. The van der Waals surface area contributed by atoms with E-state index in [4.69, 9.17) is 16.3 Å². The highest BCUT2D eigenvalue weighted by Crippen LogP contribution is 2.22. The summed E-state index contributed by atoms with van der Waals surface area (Å²) in [6.45, 7) is 3.64. The van der Waals surface area contributed by atoms with Crippen LogP contribution in [0.15, 0.2) is 52.4 Å². The van der Waals surface area contributed by atoms with Crippen LogP contribution in [0.25, 0.3) is 0 Å². The molecule has 0 saturated carbocycles. The molecular weight excluding hydrogens is 362 g/mol. The van der Waals surface area contributed by atoms with Crippen LogP contribution < -0.4 is 15.5 Å². The number of carbonyl (C=O) groups excluding carboxylic acids is 1. The van der Waals surface area contributed by atoms with Crippen molar-refractivity contribution in [3.63, 3.8) is 0 Å². The van der Waals surface area contributed by atoms with Crippen molar-refractivity contribution in [3.05, 3.63) is 63.8 Å². The van der Waals surface area contributed by atoms with E-state index >= 15 is 0 Å². The minimum Gasteiger partial charge on any atom is -0.490 e. The molecule has 0 aromatic heterocycles. The van der Waals surface area contributed by atoms with Crippen LogP contribution in [0.2, 0.25) is 5.02 Å². The van der Waals surface area contributed by atoms with Crippen molar-refractivity contribution in [2.24, 2.45) is 15.9 Å². The molecule has 1 fully saturated rings. The molecule has 2 aliphatic rings. The molecule has 2 aromatic carbocycles. The van der Waals surface area contributed by atoms with Crippen LogP contribution in [0.5, 0.6) is 5.75 Å². The van der Waals surface area contributed by atoms with Crippen LogP contribution in [0.1, 0.15) is 18.4 Å². The number of piperidine rings is 1. The number of hydrogen-bond acceptors (Lipinski definition) is 3. The predicted octanol–water partition coefficient (Wildman–Crippen LogP) is 3.05. The number of nitrogens with zero attached hydrogens (tertiary/aromatic N) is 3. The van der Waals surface area contributed by atoms with E-state index in [0.29, 0.717) is 23.1 Å². The molecule has 2 aliphatic heterocycles. The van der Waals surface area contributed by atoms with Crippen molar-refractivity contribution in [2.45, 2.75) is 19.3 Å². The first-order valence-corrected chi connectivity index (χ1v) is 9.75. The number of rotatable bonds is 6. The third kappa shape index (κ3) is 4.54. The Bertz CT molecular complexity index is 935. The van der Waals surface area contributed by atoms with E-state index in [1.54, 1.807) is 6.07 Å². The first-order valence-electron chi connectivity index (χ1n) is 9.37. The fraction of sp³-hybridized carbons (Fsp3) is 0.381. The van der Waals surface area contributed by atoms with Gasteiger partial charge in [0.05, 0.1) is 5.36 Å². The molecule has 2 amide bonds. The van der Waals surface area contributed by atoms with Gasteiger partial charge < -0.3 is 4.74 Å². The van der Waals surface area contributed by atoms with E-state index in [0.717, 1.165) is 37.0 Å². The summed E-state index contributed by atoms with van der Waals surface area (Å²) < 4.78 is 5.87. The number of amides is 2. The summed E-state index contributed by atoms with van der Waals surface area (Å²) >= 11 is 5.96. The Labute approximate surface area is 163 Å². The van der Waals surface area contributed by atoms with Gasteiger partial charge in [-0.2, -0.15) is 9.98 Å². The fourth-order valence-electron chi connectivity index (χ4n) is 3.71. The highest BCUT2D eigenvalue weighted by molar-refractivity contribution is 6.30. The second kappa shape index (κ2) is 8.19. The third-order valence-corrected chi connectivity index (χ3v) is 5.46. The van der Waals surface area contributed by atoms with Gasteiger partial charge in [0.2, 0.25) is 0 Å². The second-order valence-electron chi connectivity index (χ2n) is 7.09. The summed E-state index contributed by atoms with van der Waals surface area (Å²) in [4.78, 5) is 21.6. The van der Waals surface area contributed by atoms with Crippen molar-refractivity contribution < 1.29 is 9.53 Å². The summed E-state index contributed by atoms with van der Waals surface area (Å²) in [7, 11) is 0. The van der Waals surface area contributed by atoms with Crippen LogP contribution in [-0.2, 0) is 6.42 Å². The largest absolute Gasteiger partial charge is 0.490 e. The standard InChI is InChI=1S/C21H22ClN3O2/c22-17-6-4-15(5-7-17)14-16-8-10-25(11-9-16)12-13-27-19-3-1-2-18-20(19)24-21(26)23-18/h1-7,16H,8-14H2. The number of fused-ring (bicyclic) bond motifs is 1. The number of likely N-dealkylation sites (tertiary alicyclic amines) is 1. The van der Waals surface area contributed by atoms with Crippen molar-refractivity contribution in [1.29, 1.82) is 0 Å². The molecule has 0 spiro atoms. The smallest absolute Gasteiger partial charge is 0.368 e. The second-order valence-corrected chi connectivity index (χ2v) is 7.53. The molecule has 0 bridgehead atoms. The number of para-hydroxylation sites is 1. The molecule has 0 N–H and O–H groups in total. The molecule has 1 saturated heterocycles. The van der Waals surface area contributed by atoms with Crippen LogP contribution in [-0.4, -0.2) is 37.2 Å². The third-order valence-electron chi connectivity index (χ3n) is 5.21. The van der Waals surface area contributed by atoms with Gasteiger partial charge >= 0.3 is 6.03 Å². The van der Waals surface area contributed by atoms with Crippen LogP contribution in [0, 0.1) is 5.92 Å². The van der Waals surface area contributed by atoms with Gasteiger partial charge in [0.25, 0.3) is 0 Å². The Kier molecular flexibility index (Phi) is 5.50. The first-order chi connectivity index (χ1) is 13.2. The minimum absolute atomic E-state index is 0.455. The Morgan fingerprint density at radius 3 is 2.63 bits per heavy atom. The van der Waals surface area contributed by atoms with Gasteiger partial charge in [0, 0.05) is 11.6 Å². The molecule has 4 rings (SSSR count). The van der Waals surface area contributed by atoms with E-state index in [1.807, 2.05) is 24.3 Å². The van der Waals surface area contributed by atoms with Gasteiger partial charge in [-0.25, -0.2) is 4.79 Å². The molecule has 0 radical (unpaired) electrons. The lowest BCUT2D eigenvalue weighted by atomic mass is 9.90. The molecule has 5 nitrogen and oxygen atoms in total. The van der Waals surface area contributed by atoms with E-state index in [9.17, 15) is 4.79 Å². The van der Waals surface area contributed by atoms with Crippen LogP contribution in [0.3, 0.4) is 0 Å². The Morgan fingerprint density at radius 1 is 1.07 bits per heavy atom. The van der Waals surface area contributed by atoms with Gasteiger partial charge in [0.1, 0.15) is 17.7 Å². The lowest BCUT2D eigenvalue weighted by molar-refractivity contribution is 0.154. The summed E-state index contributed by atoms with van der Waals surface area (Å²) in [5.41, 5.74) is 1.36. The molecule has 2 heterocycles. The van der Waals surface area contributed by atoms with Crippen molar-refractivity contribution in [3.8, 4) is 5.75 Å². The lowest BCUT2D eigenvalue weighted by Crippen LogP contribution is -2.37. The van der Waals surface area contributed by atoms with E-state index in [1.165, 1.54) is 18.4 Å². The topological polar surface area (TPSA) is 54.3 Å². The Morgan fingerprint density at radius 2 is 1.85 bits per heavy atom. The average molecular weight is 384 g/mol. The number of halogens is 1. The number of carbonyl (C=O) groups is 1. The highest BCUT2D eigenvalue weighted by Gasteiger charge is 2.19. The van der Waals surface area contributed by atoms with E-state index in [2.05, 4.69) is 27.0 Å². The van der Waals surface area contributed by atoms with Gasteiger partial charge in [-0.05, 0) is 68.1 Å². The molecular formula is C21H22ClN3O2. The SMILES string of the molecule is O=C1N=c2cccc(OCCN3CCC(Cc4ccc(Cl)cc4)CC3)c2=N1. The average Bonchev–Trinajstić information content (AvgIpc) is 3.06. The summed E-state index contributed by atoms with van der Waals surface area (Å²) in [5.74, 6) is 1.37. The van der Waals surface area contributed by atoms with E-state index in [-0.39, 0.29) is 0 Å². The van der Waals surface area contributed by atoms with E-state index < -0.39 is 6.03 Å². The molecule has 2 aromatic rings. The van der Waals surface area contributed by atoms with Gasteiger partial charge in [-0.1, -0.05) is 29.8 Å². The molecule has 6 heteroatoms. The zero-order valence-corrected chi connectivity index (χ0v) is 15.9. The Balaban J connectivity index is 1.23. The normalized spacial score (nSPS) is 17.3. The molecule has 0 aliphatic carbocycles. The van der Waals surface area contributed by atoms with Crippen molar-refractivity contribution >= 4 is 17.6 Å². The lowest BCUT2D eigenvalue weighted by Gasteiger charge is -2.31. The van der Waals surface area contributed by atoms with Crippen LogP contribution >= 0.6 is 11.6 Å². The van der Waals surface area contributed by atoms with Crippen molar-refractivity contribution in [1.82, 2.24) is 4.90 Å². The summed E-state index contributed by atoms with van der Waals surface area (Å²) in [5, 5.41) is 1.95. The maximum Gasteiger partial charge on any atom is 0.368 e. The summed E-state index contributed by atoms with van der Waals surface area (Å²) in [6.07, 6.45) is 3.52. The maximum absolute atomic E-state index is 11.3. The first kappa shape index (κ1) is 18.1. The quantitative estimate of drug-likeness (QED) is 0.770. The maximum atomic E-state index is 11.3. The van der Waals surface area contributed by atoms with Gasteiger partial charge in [-0.15, -0.1) is 0 Å². The zero-order chi connectivity index (χ0) is 18.6. The fourth-order valence-corrected chi connectivity index (χ4v) is 3.83. The number of urea groups is 1. The minimum atomic E-state index is -0.455. The predicted molar refractivity (Wildman–Crippen MR) is 104 cm³/mol. The molecule has 0 atom stereocenters. The summed E-state index contributed by atoms with van der Waals surface area (Å²) in [6, 6.07) is 13.2. The molecule has 0 unspecified atom stereocenters. The number of benzene rings is 2. The Hall–Kier alpha value is -2.24. The monoisotopic (exact) mass is 383 g/mol. The zero-order valence-electron chi connectivity index (χ0n) is 15.1. The van der Waals surface area contributed by atoms with Crippen LogP contribution in [0.4, 0.5) is 4.79 Å². The molecule has 140 valence electrons. The number of hydrogen-bond donors (Lipinski definition) is 0. The van der Waals surface area contributed by atoms with Gasteiger partial charge in [-0.3, -0.25) is 4.90 Å². The molecule has 27 heavy (non-hydrogen) atoms. The highest BCUT2D eigenvalue weighted by atomic mass is 35.5. The van der Waals surface area contributed by atoms with Gasteiger partial charge in [0.15, 0.2) is 0 Å².